The molecule has 3 aromatic rings. The van der Waals surface area contributed by atoms with E-state index in [0.29, 0.717) is 29.1 Å². The molecule has 5 nitrogen and oxygen atoms in total. The van der Waals surface area contributed by atoms with E-state index in [9.17, 15) is 9.59 Å². The number of para-hydroxylation sites is 1. The number of carbonyl (C=O) groups excluding carboxylic acids is 1. The smallest absolute Gasteiger partial charge is 0.262 e. The van der Waals surface area contributed by atoms with Gasteiger partial charge in [0.25, 0.3) is 5.56 Å². The van der Waals surface area contributed by atoms with Gasteiger partial charge in [-0.2, -0.15) is 0 Å². The summed E-state index contributed by atoms with van der Waals surface area (Å²) >= 11 is 1.32. The molecule has 0 radical (unpaired) electrons. The Labute approximate surface area is 169 Å². The van der Waals surface area contributed by atoms with Gasteiger partial charge in [0.1, 0.15) is 0 Å². The molecular weight excluding hydrogens is 370 g/mol. The van der Waals surface area contributed by atoms with Gasteiger partial charge in [-0.15, -0.1) is 0 Å². The third kappa shape index (κ3) is 5.23. The number of benzene rings is 2. The van der Waals surface area contributed by atoms with Gasteiger partial charge in [-0.3, -0.25) is 14.2 Å². The van der Waals surface area contributed by atoms with E-state index in [2.05, 4.69) is 22.4 Å². The average molecular weight is 396 g/mol. The van der Waals surface area contributed by atoms with Crippen molar-refractivity contribution in [2.24, 2.45) is 0 Å². The second kappa shape index (κ2) is 10.1. The number of amides is 1. The number of carbonyl (C=O) groups is 1. The molecule has 0 aliphatic rings. The molecule has 0 saturated heterocycles. The number of hydrogen-bond donors (Lipinski definition) is 1. The van der Waals surface area contributed by atoms with E-state index in [1.165, 1.54) is 17.3 Å². The predicted molar refractivity (Wildman–Crippen MR) is 115 cm³/mol. The Morgan fingerprint density at radius 3 is 2.64 bits per heavy atom. The molecule has 146 valence electrons. The van der Waals surface area contributed by atoms with Crippen LogP contribution in [0.5, 0.6) is 0 Å². The Balaban J connectivity index is 1.57. The zero-order chi connectivity index (χ0) is 19.8. The van der Waals surface area contributed by atoms with Crippen LogP contribution in [0.15, 0.2) is 64.5 Å². The van der Waals surface area contributed by atoms with Crippen LogP contribution in [0.3, 0.4) is 0 Å². The zero-order valence-corrected chi connectivity index (χ0v) is 16.9. The fourth-order valence-corrected chi connectivity index (χ4v) is 3.88. The summed E-state index contributed by atoms with van der Waals surface area (Å²) in [7, 11) is 0. The molecule has 0 aliphatic heterocycles. The molecule has 1 aromatic heterocycles. The maximum absolute atomic E-state index is 12.7. The summed E-state index contributed by atoms with van der Waals surface area (Å²) in [4.78, 5) is 29.5. The van der Waals surface area contributed by atoms with Crippen molar-refractivity contribution in [1.29, 1.82) is 0 Å². The molecule has 1 N–H and O–H groups in total. The van der Waals surface area contributed by atoms with Crippen molar-refractivity contribution in [1.82, 2.24) is 14.9 Å². The molecule has 0 atom stereocenters. The summed E-state index contributed by atoms with van der Waals surface area (Å²) in [5.74, 6) is 0.211. The Morgan fingerprint density at radius 2 is 1.86 bits per heavy atom. The minimum absolute atomic E-state index is 0.0384. The fourth-order valence-electron chi connectivity index (χ4n) is 3.02. The number of hydrogen-bond acceptors (Lipinski definition) is 4. The first-order valence-corrected chi connectivity index (χ1v) is 10.6. The van der Waals surface area contributed by atoms with Crippen molar-refractivity contribution in [3.63, 3.8) is 0 Å². The fraction of sp³-hybridized carbons (Fsp3) is 0.318. The molecule has 0 spiro atoms. The second-order valence-corrected chi connectivity index (χ2v) is 7.54. The first-order chi connectivity index (χ1) is 13.7. The van der Waals surface area contributed by atoms with E-state index in [4.69, 9.17) is 0 Å². The van der Waals surface area contributed by atoms with Gasteiger partial charge < -0.3 is 5.32 Å². The average Bonchev–Trinajstić information content (AvgIpc) is 2.73. The van der Waals surface area contributed by atoms with Gasteiger partial charge in [0.2, 0.25) is 5.91 Å². The molecule has 0 bridgehead atoms. The standard InChI is InChI=1S/C22H25N3O2S/c1-2-15-25-21(27)18-12-6-7-13-19(18)24-22(25)28-16-20(26)23-14-8-11-17-9-4-3-5-10-17/h3-7,9-10,12-13H,2,8,11,14-16H2,1H3,(H,23,26). The van der Waals surface area contributed by atoms with Crippen LogP contribution in [-0.4, -0.2) is 27.8 Å². The summed E-state index contributed by atoms with van der Waals surface area (Å²) in [6, 6.07) is 17.6. The van der Waals surface area contributed by atoms with Gasteiger partial charge in [0.15, 0.2) is 5.16 Å². The molecule has 0 saturated carbocycles. The van der Waals surface area contributed by atoms with Gasteiger partial charge in [0.05, 0.1) is 16.7 Å². The summed E-state index contributed by atoms with van der Waals surface area (Å²) in [5.41, 5.74) is 1.90. The van der Waals surface area contributed by atoms with Crippen molar-refractivity contribution in [2.45, 2.75) is 37.9 Å². The third-order valence-corrected chi connectivity index (χ3v) is 5.39. The lowest BCUT2D eigenvalue weighted by Crippen LogP contribution is -2.28. The summed E-state index contributed by atoms with van der Waals surface area (Å²) in [6.07, 6.45) is 2.67. The Hall–Kier alpha value is -2.60. The van der Waals surface area contributed by atoms with Crippen LogP contribution in [0.1, 0.15) is 25.3 Å². The van der Waals surface area contributed by atoms with Crippen molar-refractivity contribution in [3.8, 4) is 0 Å². The topological polar surface area (TPSA) is 64.0 Å². The van der Waals surface area contributed by atoms with Crippen LogP contribution in [0, 0.1) is 0 Å². The molecule has 6 heteroatoms. The first kappa shape index (κ1) is 20.1. The third-order valence-electron chi connectivity index (χ3n) is 4.41. The minimum Gasteiger partial charge on any atom is -0.355 e. The number of nitrogens with zero attached hydrogens (tertiary/aromatic N) is 2. The number of nitrogens with one attached hydrogen (secondary N) is 1. The number of rotatable bonds is 9. The van der Waals surface area contributed by atoms with Gasteiger partial charge >= 0.3 is 0 Å². The van der Waals surface area contributed by atoms with E-state index in [-0.39, 0.29) is 17.2 Å². The quantitative estimate of drug-likeness (QED) is 0.341. The number of aromatic nitrogens is 2. The van der Waals surface area contributed by atoms with E-state index in [0.717, 1.165) is 19.3 Å². The van der Waals surface area contributed by atoms with Crippen LogP contribution in [0.25, 0.3) is 10.9 Å². The van der Waals surface area contributed by atoms with E-state index < -0.39 is 0 Å². The summed E-state index contributed by atoms with van der Waals surface area (Å²) < 4.78 is 1.68. The van der Waals surface area contributed by atoms with Gasteiger partial charge in [-0.25, -0.2) is 4.98 Å². The Kier molecular flexibility index (Phi) is 7.25. The molecule has 28 heavy (non-hydrogen) atoms. The van der Waals surface area contributed by atoms with Gasteiger partial charge in [0, 0.05) is 13.1 Å². The van der Waals surface area contributed by atoms with Crippen molar-refractivity contribution in [2.75, 3.05) is 12.3 Å². The van der Waals surface area contributed by atoms with Crippen LogP contribution in [-0.2, 0) is 17.8 Å². The lowest BCUT2D eigenvalue weighted by Gasteiger charge is -2.12. The Bertz CT molecular complexity index is 986. The van der Waals surface area contributed by atoms with Crippen molar-refractivity contribution >= 4 is 28.6 Å². The predicted octanol–water partition coefficient (Wildman–Crippen LogP) is 3.65. The molecule has 3 rings (SSSR count). The highest BCUT2D eigenvalue weighted by Crippen LogP contribution is 2.18. The summed E-state index contributed by atoms with van der Waals surface area (Å²) in [6.45, 7) is 3.26. The first-order valence-electron chi connectivity index (χ1n) is 9.62. The van der Waals surface area contributed by atoms with E-state index in [1.54, 1.807) is 10.6 Å². The summed E-state index contributed by atoms with van der Waals surface area (Å²) in [5, 5.41) is 4.17. The molecule has 1 heterocycles. The SMILES string of the molecule is CCCn1c(SCC(=O)NCCCc2ccccc2)nc2ccccc2c1=O. The molecule has 0 aliphatic carbocycles. The molecule has 0 fully saturated rings. The normalized spacial score (nSPS) is 10.9. The highest BCUT2D eigenvalue weighted by atomic mass is 32.2. The van der Waals surface area contributed by atoms with Crippen LogP contribution in [0.2, 0.25) is 0 Å². The highest BCUT2D eigenvalue weighted by molar-refractivity contribution is 7.99. The van der Waals surface area contributed by atoms with Crippen molar-refractivity contribution < 1.29 is 4.79 Å². The zero-order valence-electron chi connectivity index (χ0n) is 16.1. The maximum Gasteiger partial charge on any atom is 0.262 e. The van der Waals surface area contributed by atoms with Crippen LogP contribution >= 0.6 is 11.8 Å². The molecular formula is C22H25N3O2S. The Morgan fingerprint density at radius 1 is 1.11 bits per heavy atom. The van der Waals surface area contributed by atoms with Crippen LogP contribution in [0.4, 0.5) is 0 Å². The van der Waals surface area contributed by atoms with E-state index >= 15 is 0 Å². The lowest BCUT2D eigenvalue weighted by molar-refractivity contribution is -0.118. The van der Waals surface area contributed by atoms with Crippen molar-refractivity contribution in [3.05, 3.63) is 70.5 Å². The van der Waals surface area contributed by atoms with Crippen LogP contribution < -0.4 is 10.9 Å². The lowest BCUT2D eigenvalue weighted by atomic mass is 10.1. The number of thioether (sulfide) groups is 1. The van der Waals surface area contributed by atoms with Gasteiger partial charge in [-0.05, 0) is 37.0 Å². The van der Waals surface area contributed by atoms with E-state index in [1.807, 2.05) is 43.3 Å². The van der Waals surface area contributed by atoms with Gasteiger partial charge in [-0.1, -0.05) is 61.2 Å². The highest BCUT2D eigenvalue weighted by Gasteiger charge is 2.12. The number of fused-ring (bicyclic) bond motifs is 1. The second-order valence-electron chi connectivity index (χ2n) is 6.60. The molecule has 1 amide bonds. The number of aryl methyl sites for hydroxylation is 1. The monoisotopic (exact) mass is 395 g/mol. The minimum atomic E-state index is -0.0433. The maximum atomic E-state index is 12.7. The molecule has 0 unspecified atom stereocenters. The largest absolute Gasteiger partial charge is 0.355 e. The molecule has 2 aromatic carbocycles.